The molecule has 1 aliphatic heterocycles. The molecule has 1 aromatic carbocycles. The summed E-state index contributed by atoms with van der Waals surface area (Å²) in [6, 6.07) is 7.87. The minimum Gasteiger partial charge on any atom is -0.496 e. The van der Waals surface area contributed by atoms with Crippen molar-refractivity contribution in [3.63, 3.8) is 0 Å². The molecule has 0 aromatic heterocycles. The first-order valence-electron chi connectivity index (χ1n) is 7.70. The van der Waals surface area contributed by atoms with E-state index in [-0.39, 0.29) is 11.9 Å². The molecule has 0 atom stereocenters. The van der Waals surface area contributed by atoms with Crippen LogP contribution < -0.4 is 10.1 Å². The van der Waals surface area contributed by atoms with E-state index in [2.05, 4.69) is 5.32 Å². The Labute approximate surface area is 136 Å². The van der Waals surface area contributed by atoms with Gasteiger partial charge >= 0.3 is 0 Å². The molecule has 0 bridgehead atoms. The van der Waals surface area contributed by atoms with Gasteiger partial charge in [-0.25, -0.2) is 0 Å². The lowest BCUT2D eigenvalue weighted by atomic mass is 9.94. The summed E-state index contributed by atoms with van der Waals surface area (Å²) in [6.45, 7) is 0. The molecule has 2 aliphatic rings. The van der Waals surface area contributed by atoms with Crippen molar-refractivity contribution >= 4 is 29.3 Å². The summed E-state index contributed by atoms with van der Waals surface area (Å²) in [5.41, 5.74) is 1.40. The van der Waals surface area contributed by atoms with E-state index in [1.54, 1.807) is 12.0 Å². The van der Waals surface area contributed by atoms with Gasteiger partial charge in [0.1, 0.15) is 11.4 Å². The van der Waals surface area contributed by atoms with E-state index in [1.165, 1.54) is 19.3 Å². The fourth-order valence-corrected chi connectivity index (χ4v) is 3.50. The summed E-state index contributed by atoms with van der Waals surface area (Å²) in [6.07, 6.45) is 7.48. The maximum Gasteiger partial charge on any atom is 0.276 e. The lowest BCUT2D eigenvalue weighted by Gasteiger charge is -2.29. The first-order chi connectivity index (χ1) is 10.7. The minimum atomic E-state index is -0.0252. The predicted octanol–water partition coefficient (Wildman–Crippen LogP) is 3.09. The van der Waals surface area contributed by atoms with E-state index in [1.807, 2.05) is 30.3 Å². The number of carbonyl (C=O) groups is 1. The number of rotatable bonds is 3. The largest absolute Gasteiger partial charge is 0.496 e. The van der Waals surface area contributed by atoms with Crippen LogP contribution in [0.5, 0.6) is 5.75 Å². The molecule has 1 N–H and O–H groups in total. The van der Waals surface area contributed by atoms with Crippen LogP contribution in [0.15, 0.2) is 30.0 Å². The number of carbonyl (C=O) groups excluding carboxylic acids is 1. The number of methoxy groups -OCH3 is 1. The number of benzene rings is 1. The molecule has 1 heterocycles. The first kappa shape index (κ1) is 15.0. The molecule has 1 saturated heterocycles. The quantitative estimate of drug-likeness (QED) is 0.687. The van der Waals surface area contributed by atoms with Gasteiger partial charge in [0.2, 0.25) is 0 Å². The van der Waals surface area contributed by atoms with Gasteiger partial charge in [-0.3, -0.25) is 9.69 Å². The molecule has 5 heteroatoms. The molecule has 1 amide bonds. The van der Waals surface area contributed by atoms with Crippen molar-refractivity contribution in [1.29, 1.82) is 0 Å². The zero-order valence-corrected chi connectivity index (χ0v) is 13.5. The number of amides is 1. The molecule has 0 radical (unpaired) electrons. The van der Waals surface area contributed by atoms with E-state index in [4.69, 9.17) is 17.0 Å². The highest BCUT2D eigenvalue weighted by Crippen LogP contribution is 2.28. The average molecular weight is 316 g/mol. The lowest BCUT2D eigenvalue weighted by molar-refractivity contribution is -0.124. The smallest absolute Gasteiger partial charge is 0.276 e. The molecule has 3 rings (SSSR count). The normalized spacial score (nSPS) is 21.3. The molecular formula is C17H20N2O2S. The van der Waals surface area contributed by atoms with Gasteiger partial charge in [-0.2, -0.15) is 0 Å². The second kappa shape index (κ2) is 6.48. The van der Waals surface area contributed by atoms with E-state index < -0.39 is 0 Å². The Morgan fingerprint density at radius 3 is 2.73 bits per heavy atom. The minimum absolute atomic E-state index is 0.0252. The number of thiocarbonyl (C=S) groups is 1. The lowest BCUT2D eigenvalue weighted by Crippen LogP contribution is -2.41. The Balaban J connectivity index is 1.85. The maximum atomic E-state index is 12.7. The summed E-state index contributed by atoms with van der Waals surface area (Å²) in [5, 5.41) is 3.59. The topological polar surface area (TPSA) is 41.6 Å². The molecule has 0 unspecified atom stereocenters. The first-order valence-corrected chi connectivity index (χ1v) is 8.11. The Bertz CT molecular complexity index is 621. The second-order valence-electron chi connectivity index (χ2n) is 5.70. The summed E-state index contributed by atoms with van der Waals surface area (Å²) >= 11 is 5.37. The molecule has 4 nitrogen and oxygen atoms in total. The molecule has 1 saturated carbocycles. The van der Waals surface area contributed by atoms with Crippen molar-refractivity contribution < 1.29 is 9.53 Å². The Morgan fingerprint density at radius 2 is 2.00 bits per heavy atom. The van der Waals surface area contributed by atoms with Gasteiger partial charge in [0.15, 0.2) is 5.11 Å². The summed E-state index contributed by atoms with van der Waals surface area (Å²) in [5.74, 6) is 0.717. The third-order valence-electron chi connectivity index (χ3n) is 4.29. The van der Waals surface area contributed by atoms with E-state index in [9.17, 15) is 4.79 Å². The van der Waals surface area contributed by atoms with Crippen LogP contribution in [-0.2, 0) is 4.79 Å². The number of hydrogen-bond donors (Lipinski definition) is 1. The molecular weight excluding hydrogens is 296 g/mol. The van der Waals surface area contributed by atoms with Gasteiger partial charge in [-0.05, 0) is 37.2 Å². The van der Waals surface area contributed by atoms with Gasteiger partial charge in [0.05, 0.1) is 7.11 Å². The molecule has 2 fully saturated rings. The number of hydrogen-bond acceptors (Lipinski definition) is 3. The number of para-hydroxylation sites is 1. The molecule has 0 spiro atoms. The average Bonchev–Trinajstić information content (AvgIpc) is 2.83. The van der Waals surface area contributed by atoms with Gasteiger partial charge in [0, 0.05) is 11.6 Å². The zero-order chi connectivity index (χ0) is 15.5. The van der Waals surface area contributed by atoms with Crippen LogP contribution >= 0.6 is 12.2 Å². The number of nitrogens with zero attached hydrogens (tertiary/aromatic N) is 1. The van der Waals surface area contributed by atoms with Crippen LogP contribution in [0, 0.1) is 0 Å². The third-order valence-corrected chi connectivity index (χ3v) is 4.59. The van der Waals surface area contributed by atoms with Crippen molar-refractivity contribution in [3.8, 4) is 5.75 Å². The predicted molar refractivity (Wildman–Crippen MR) is 90.4 cm³/mol. The van der Waals surface area contributed by atoms with Crippen molar-refractivity contribution in [2.75, 3.05) is 7.11 Å². The van der Waals surface area contributed by atoms with Crippen LogP contribution in [0.2, 0.25) is 0 Å². The highest BCUT2D eigenvalue weighted by atomic mass is 32.1. The number of nitrogens with one attached hydrogen (secondary N) is 1. The van der Waals surface area contributed by atoms with Gasteiger partial charge in [0.25, 0.3) is 5.91 Å². The monoisotopic (exact) mass is 316 g/mol. The molecule has 1 aliphatic carbocycles. The van der Waals surface area contributed by atoms with E-state index in [0.717, 1.165) is 24.2 Å². The fourth-order valence-electron chi connectivity index (χ4n) is 3.16. The maximum absolute atomic E-state index is 12.7. The molecule has 1 aromatic rings. The van der Waals surface area contributed by atoms with Crippen LogP contribution in [0.25, 0.3) is 6.08 Å². The van der Waals surface area contributed by atoms with Crippen LogP contribution in [0.1, 0.15) is 37.7 Å². The number of ether oxygens (including phenoxy) is 1. The Kier molecular flexibility index (Phi) is 4.43. The van der Waals surface area contributed by atoms with Crippen molar-refractivity contribution in [2.45, 2.75) is 38.1 Å². The van der Waals surface area contributed by atoms with E-state index in [0.29, 0.717) is 10.8 Å². The van der Waals surface area contributed by atoms with Crippen molar-refractivity contribution in [1.82, 2.24) is 10.2 Å². The third kappa shape index (κ3) is 2.86. The Hall–Kier alpha value is -1.88. The summed E-state index contributed by atoms with van der Waals surface area (Å²) in [4.78, 5) is 14.4. The molecule has 22 heavy (non-hydrogen) atoms. The summed E-state index contributed by atoms with van der Waals surface area (Å²) < 4.78 is 5.33. The highest BCUT2D eigenvalue weighted by Gasteiger charge is 2.36. The highest BCUT2D eigenvalue weighted by molar-refractivity contribution is 7.80. The van der Waals surface area contributed by atoms with Gasteiger partial charge < -0.3 is 10.1 Å². The second-order valence-corrected chi connectivity index (χ2v) is 6.08. The van der Waals surface area contributed by atoms with Gasteiger partial charge in [-0.1, -0.05) is 37.5 Å². The van der Waals surface area contributed by atoms with Crippen LogP contribution in [-0.4, -0.2) is 29.1 Å². The fraction of sp³-hybridized carbons (Fsp3) is 0.412. The van der Waals surface area contributed by atoms with E-state index >= 15 is 0 Å². The Morgan fingerprint density at radius 1 is 1.27 bits per heavy atom. The van der Waals surface area contributed by atoms with Crippen LogP contribution in [0.4, 0.5) is 0 Å². The van der Waals surface area contributed by atoms with Crippen molar-refractivity contribution in [2.24, 2.45) is 0 Å². The van der Waals surface area contributed by atoms with Gasteiger partial charge in [-0.15, -0.1) is 0 Å². The standard InChI is InChI=1S/C17H20N2O2S/c1-21-15-10-6-5-7-12(15)11-14-16(20)19(17(22)18-14)13-8-3-2-4-9-13/h5-7,10-11,13H,2-4,8-9H2,1H3,(H,18,22). The SMILES string of the molecule is COc1ccccc1C=C1NC(=S)N(C2CCCCC2)C1=O. The molecule has 116 valence electrons. The summed E-state index contributed by atoms with van der Waals surface area (Å²) in [7, 11) is 1.63. The van der Waals surface area contributed by atoms with Crippen LogP contribution in [0.3, 0.4) is 0 Å². The zero-order valence-electron chi connectivity index (χ0n) is 12.7. The van der Waals surface area contributed by atoms with Crippen molar-refractivity contribution in [3.05, 3.63) is 35.5 Å².